The fraction of sp³-hybridized carbons (Fsp3) is 0.300. The van der Waals surface area contributed by atoms with Gasteiger partial charge in [-0.05, 0) is 24.0 Å². The molecule has 22 heavy (non-hydrogen) atoms. The fourth-order valence-corrected chi connectivity index (χ4v) is 2.60. The highest BCUT2D eigenvalue weighted by atomic mass is 16.3. The molecule has 2 atom stereocenters. The maximum atomic E-state index is 9.54. The van der Waals surface area contributed by atoms with Gasteiger partial charge in [0.05, 0.1) is 13.2 Å². The van der Waals surface area contributed by atoms with E-state index in [2.05, 4.69) is 36.4 Å². The van der Waals surface area contributed by atoms with Crippen LogP contribution in [-0.4, -0.2) is 23.4 Å². The normalized spacial score (nSPS) is 14.1. The Balaban J connectivity index is 1.89. The summed E-state index contributed by atoms with van der Waals surface area (Å²) in [6, 6.07) is 20.2. The molecule has 0 amide bonds. The molecule has 2 nitrogen and oxygen atoms in total. The van der Waals surface area contributed by atoms with Gasteiger partial charge in [-0.15, -0.1) is 0 Å². The lowest BCUT2D eigenvalue weighted by molar-refractivity contribution is 0.263. The van der Waals surface area contributed by atoms with Crippen molar-refractivity contribution in [2.24, 2.45) is 0 Å². The molecule has 0 radical (unpaired) electrons. The Morgan fingerprint density at radius 1 is 0.636 bits per heavy atom. The number of hydrogen-bond donors (Lipinski definition) is 2. The van der Waals surface area contributed by atoms with Gasteiger partial charge in [0.2, 0.25) is 0 Å². The summed E-state index contributed by atoms with van der Waals surface area (Å²) in [5, 5.41) is 19.1. The number of rotatable bonds is 8. The van der Waals surface area contributed by atoms with Crippen molar-refractivity contribution < 1.29 is 10.2 Å². The van der Waals surface area contributed by atoms with Crippen LogP contribution in [0.15, 0.2) is 72.8 Å². The molecule has 2 rings (SSSR count). The zero-order valence-electron chi connectivity index (χ0n) is 12.8. The van der Waals surface area contributed by atoms with E-state index in [1.54, 1.807) is 0 Å². The maximum Gasteiger partial charge on any atom is 0.0502 e. The van der Waals surface area contributed by atoms with Crippen LogP contribution in [0.4, 0.5) is 0 Å². The first kappa shape index (κ1) is 16.5. The van der Waals surface area contributed by atoms with E-state index in [0.717, 1.165) is 24.0 Å². The number of benzene rings is 2. The van der Waals surface area contributed by atoms with Gasteiger partial charge in [0, 0.05) is 11.8 Å². The lowest BCUT2D eigenvalue weighted by atomic mass is 9.94. The highest BCUT2D eigenvalue weighted by Gasteiger charge is 2.09. The highest BCUT2D eigenvalue weighted by Crippen LogP contribution is 2.22. The predicted molar refractivity (Wildman–Crippen MR) is 90.9 cm³/mol. The third-order valence-electron chi connectivity index (χ3n) is 3.99. The lowest BCUT2D eigenvalue weighted by Crippen LogP contribution is -2.04. The molecule has 0 heterocycles. The first-order valence-corrected chi connectivity index (χ1v) is 7.81. The summed E-state index contributed by atoms with van der Waals surface area (Å²) in [6.45, 7) is 0.299. The Bertz CT molecular complexity index is 497. The van der Waals surface area contributed by atoms with Gasteiger partial charge in [0.25, 0.3) is 0 Å². The molecule has 2 unspecified atom stereocenters. The molecule has 0 saturated heterocycles. The van der Waals surface area contributed by atoms with Crippen molar-refractivity contribution in [3.63, 3.8) is 0 Å². The smallest absolute Gasteiger partial charge is 0.0502 e. The third-order valence-corrected chi connectivity index (χ3v) is 3.99. The van der Waals surface area contributed by atoms with E-state index in [9.17, 15) is 10.2 Å². The molecule has 2 N–H and O–H groups in total. The van der Waals surface area contributed by atoms with Gasteiger partial charge in [-0.1, -0.05) is 72.8 Å². The summed E-state index contributed by atoms with van der Waals surface area (Å²) >= 11 is 0. The van der Waals surface area contributed by atoms with Crippen molar-refractivity contribution in [1.82, 2.24) is 0 Å². The molecule has 0 saturated carbocycles. The summed E-state index contributed by atoms with van der Waals surface area (Å²) in [5.41, 5.74) is 2.33. The lowest BCUT2D eigenvalue weighted by Gasteiger charge is -2.13. The van der Waals surface area contributed by atoms with Crippen LogP contribution in [0.25, 0.3) is 0 Å². The van der Waals surface area contributed by atoms with Gasteiger partial charge >= 0.3 is 0 Å². The second-order valence-corrected chi connectivity index (χ2v) is 5.52. The second kappa shape index (κ2) is 9.19. The summed E-state index contributed by atoms with van der Waals surface area (Å²) in [7, 11) is 0. The number of hydrogen-bond acceptors (Lipinski definition) is 2. The first-order valence-electron chi connectivity index (χ1n) is 7.81. The van der Waals surface area contributed by atoms with E-state index in [0.29, 0.717) is 0 Å². The average molecular weight is 296 g/mol. The molecular weight excluding hydrogens is 272 g/mol. The predicted octanol–water partition coefficient (Wildman–Crippen LogP) is 3.88. The Morgan fingerprint density at radius 2 is 1.00 bits per heavy atom. The van der Waals surface area contributed by atoms with Gasteiger partial charge in [-0.2, -0.15) is 0 Å². The summed E-state index contributed by atoms with van der Waals surface area (Å²) in [4.78, 5) is 0. The van der Waals surface area contributed by atoms with E-state index in [1.807, 2.05) is 36.4 Å². The Labute approximate surface area is 132 Å². The quantitative estimate of drug-likeness (QED) is 0.726. The summed E-state index contributed by atoms with van der Waals surface area (Å²) in [6.07, 6.45) is 5.85. The molecule has 0 aliphatic carbocycles. The van der Waals surface area contributed by atoms with E-state index in [1.165, 1.54) is 0 Å². The monoisotopic (exact) mass is 296 g/mol. The van der Waals surface area contributed by atoms with E-state index in [4.69, 9.17) is 0 Å². The standard InChI is InChI=1S/C20H24O2/c21-15-19(17-9-3-1-4-10-17)13-7-8-14-20(16-22)18-11-5-2-6-12-18/h1-12,19-22H,13-16H2/b8-7+. The topological polar surface area (TPSA) is 40.5 Å². The van der Waals surface area contributed by atoms with Crippen molar-refractivity contribution in [2.45, 2.75) is 24.7 Å². The summed E-state index contributed by atoms with van der Waals surface area (Å²) in [5.74, 6) is 0.281. The van der Waals surface area contributed by atoms with Crippen molar-refractivity contribution in [3.05, 3.63) is 83.9 Å². The minimum absolute atomic E-state index is 0.141. The van der Waals surface area contributed by atoms with Crippen LogP contribution in [0.1, 0.15) is 35.8 Å². The summed E-state index contributed by atoms with van der Waals surface area (Å²) < 4.78 is 0. The molecule has 0 aliphatic rings. The van der Waals surface area contributed by atoms with Crippen LogP contribution in [0, 0.1) is 0 Å². The molecule has 0 spiro atoms. The zero-order chi connectivity index (χ0) is 15.6. The number of aliphatic hydroxyl groups is 2. The SMILES string of the molecule is OCC(C/C=C/CC(CO)c1ccccc1)c1ccccc1. The average Bonchev–Trinajstić information content (AvgIpc) is 2.60. The van der Waals surface area contributed by atoms with Crippen LogP contribution in [0.3, 0.4) is 0 Å². The van der Waals surface area contributed by atoms with E-state index in [-0.39, 0.29) is 25.0 Å². The Morgan fingerprint density at radius 3 is 1.32 bits per heavy atom. The third kappa shape index (κ3) is 4.83. The van der Waals surface area contributed by atoms with Gasteiger partial charge in [-0.3, -0.25) is 0 Å². The van der Waals surface area contributed by atoms with E-state index >= 15 is 0 Å². The van der Waals surface area contributed by atoms with Crippen molar-refractivity contribution in [2.75, 3.05) is 13.2 Å². The van der Waals surface area contributed by atoms with Gasteiger partial charge < -0.3 is 10.2 Å². The largest absolute Gasteiger partial charge is 0.396 e. The Kier molecular flexibility index (Phi) is 6.88. The molecular formula is C20H24O2. The van der Waals surface area contributed by atoms with Crippen LogP contribution in [0.5, 0.6) is 0 Å². The minimum Gasteiger partial charge on any atom is -0.396 e. The van der Waals surface area contributed by atoms with Crippen LogP contribution in [0.2, 0.25) is 0 Å². The molecule has 0 fully saturated rings. The number of allylic oxidation sites excluding steroid dienone is 2. The van der Waals surface area contributed by atoms with Gasteiger partial charge in [-0.25, -0.2) is 0 Å². The van der Waals surface area contributed by atoms with Crippen molar-refractivity contribution in [1.29, 1.82) is 0 Å². The Hall–Kier alpha value is -1.90. The van der Waals surface area contributed by atoms with Crippen LogP contribution < -0.4 is 0 Å². The first-order chi connectivity index (χ1) is 10.8. The molecule has 0 aliphatic heterocycles. The van der Waals surface area contributed by atoms with Crippen LogP contribution >= 0.6 is 0 Å². The maximum absolute atomic E-state index is 9.54. The van der Waals surface area contributed by atoms with E-state index < -0.39 is 0 Å². The van der Waals surface area contributed by atoms with Gasteiger partial charge in [0.1, 0.15) is 0 Å². The van der Waals surface area contributed by atoms with Crippen molar-refractivity contribution >= 4 is 0 Å². The van der Waals surface area contributed by atoms with Crippen molar-refractivity contribution in [3.8, 4) is 0 Å². The molecule has 2 aromatic rings. The molecule has 0 aromatic heterocycles. The fourth-order valence-electron chi connectivity index (χ4n) is 2.60. The zero-order valence-corrected chi connectivity index (χ0v) is 12.8. The van der Waals surface area contributed by atoms with Gasteiger partial charge in [0.15, 0.2) is 0 Å². The molecule has 2 heteroatoms. The molecule has 116 valence electrons. The second-order valence-electron chi connectivity index (χ2n) is 5.52. The number of aliphatic hydroxyl groups excluding tert-OH is 2. The molecule has 0 bridgehead atoms. The molecule has 2 aromatic carbocycles. The highest BCUT2D eigenvalue weighted by molar-refractivity contribution is 5.22. The minimum atomic E-state index is 0.141. The van der Waals surface area contributed by atoms with Crippen LogP contribution in [-0.2, 0) is 0 Å².